The number of ether oxygens (including phenoxy) is 1. The number of piperidine rings is 1. The van der Waals surface area contributed by atoms with Crippen molar-refractivity contribution in [2.75, 3.05) is 33.3 Å². The second-order valence-electron chi connectivity index (χ2n) is 7.48. The van der Waals surface area contributed by atoms with Crippen molar-refractivity contribution in [3.63, 3.8) is 0 Å². The molecule has 146 valence electrons. The Labute approximate surface area is 163 Å². The maximum atomic E-state index is 12.8. The lowest BCUT2D eigenvalue weighted by molar-refractivity contribution is -0.147. The van der Waals surface area contributed by atoms with Gasteiger partial charge in [0.2, 0.25) is 0 Å². The van der Waals surface area contributed by atoms with Crippen molar-refractivity contribution in [3.8, 4) is 0 Å². The average Bonchev–Trinajstić information content (AvgIpc) is 3.11. The second-order valence-corrected chi connectivity index (χ2v) is 7.48. The van der Waals surface area contributed by atoms with Gasteiger partial charge in [0.1, 0.15) is 5.60 Å². The SMILES string of the molecule is COC1(C(=O)NC(C)C2CCN(Cc3ccccc3)C2)CCNCC1.Cl. The molecule has 0 spiro atoms. The summed E-state index contributed by atoms with van der Waals surface area (Å²) in [5.74, 6) is 0.564. The Morgan fingerprint density at radius 3 is 2.69 bits per heavy atom. The maximum absolute atomic E-state index is 12.8. The molecule has 0 saturated carbocycles. The molecule has 2 aliphatic heterocycles. The molecule has 0 aliphatic carbocycles. The predicted molar refractivity (Wildman–Crippen MR) is 107 cm³/mol. The van der Waals surface area contributed by atoms with Gasteiger partial charge in [-0.25, -0.2) is 0 Å². The molecule has 2 N–H and O–H groups in total. The molecule has 3 rings (SSSR count). The molecular weight excluding hydrogens is 350 g/mol. The monoisotopic (exact) mass is 381 g/mol. The predicted octanol–water partition coefficient (Wildman–Crippen LogP) is 2.20. The van der Waals surface area contributed by atoms with Crippen LogP contribution in [0.1, 0.15) is 31.7 Å². The molecule has 0 radical (unpaired) electrons. The molecule has 1 aromatic carbocycles. The summed E-state index contributed by atoms with van der Waals surface area (Å²) < 4.78 is 5.64. The van der Waals surface area contributed by atoms with E-state index >= 15 is 0 Å². The summed E-state index contributed by atoms with van der Waals surface area (Å²) in [6.45, 7) is 6.94. The normalized spacial score (nSPS) is 23.8. The first kappa shape index (κ1) is 21.2. The Kier molecular flexibility index (Phi) is 7.89. The number of nitrogens with one attached hydrogen (secondary N) is 2. The Bertz CT molecular complexity index is 563. The highest BCUT2D eigenvalue weighted by Crippen LogP contribution is 2.25. The largest absolute Gasteiger partial charge is 0.368 e. The lowest BCUT2D eigenvalue weighted by atomic mass is 9.90. The number of carbonyl (C=O) groups is 1. The summed E-state index contributed by atoms with van der Waals surface area (Å²) in [4.78, 5) is 15.3. The van der Waals surface area contributed by atoms with Crippen LogP contribution in [0.15, 0.2) is 30.3 Å². The molecule has 2 atom stereocenters. The molecule has 1 amide bonds. The third kappa shape index (κ3) is 4.97. The molecular formula is C20H32ClN3O2. The quantitative estimate of drug-likeness (QED) is 0.793. The Balaban J connectivity index is 0.00000243. The van der Waals surface area contributed by atoms with E-state index in [1.165, 1.54) is 5.56 Å². The van der Waals surface area contributed by atoms with Crippen LogP contribution >= 0.6 is 12.4 Å². The topological polar surface area (TPSA) is 53.6 Å². The number of carbonyl (C=O) groups excluding carboxylic acids is 1. The number of likely N-dealkylation sites (tertiary alicyclic amines) is 1. The van der Waals surface area contributed by atoms with E-state index in [-0.39, 0.29) is 24.4 Å². The summed E-state index contributed by atoms with van der Waals surface area (Å²) >= 11 is 0. The fourth-order valence-electron chi connectivity index (χ4n) is 4.07. The Morgan fingerprint density at radius 1 is 1.35 bits per heavy atom. The van der Waals surface area contributed by atoms with Crippen molar-refractivity contribution in [1.29, 1.82) is 0 Å². The summed E-state index contributed by atoms with van der Waals surface area (Å²) in [5.41, 5.74) is 0.704. The first-order valence-corrected chi connectivity index (χ1v) is 9.46. The van der Waals surface area contributed by atoms with Gasteiger partial charge in [0.25, 0.3) is 5.91 Å². The molecule has 1 aromatic rings. The van der Waals surface area contributed by atoms with Crippen LogP contribution in [0.25, 0.3) is 0 Å². The van der Waals surface area contributed by atoms with Gasteiger partial charge in [0, 0.05) is 26.2 Å². The van der Waals surface area contributed by atoms with Crippen molar-refractivity contribution in [3.05, 3.63) is 35.9 Å². The number of hydrogen-bond acceptors (Lipinski definition) is 4. The average molecular weight is 382 g/mol. The van der Waals surface area contributed by atoms with Crippen molar-refractivity contribution < 1.29 is 9.53 Å². The first-order valence-electron chi connectivity index (χ1n) is 9.46. The van der Waals surface area contributed by atoms with Crippen LogP contribution in [0.5, 0.6) is 0 Å². The van der Waals surface area contributed by atoms with Crippen molar-refractivity contribution in [2.24, 2.45) is 5.92 Å². The third-order valence-electron chi connectivity index (χ3n) is 5.84. The smallest absolute Gasteiger partial charge is 0.252 e. The zero-order valence-electron chi connectivity index (χ0n) is 15.9. The number of methoxy groups -OCH3 is 1. The highest BCUT2D eigenvalue weighted by molar-refractivity contribution is 5.86. The summed E-state index contributed by atoms with van der Waals surface area (Å²) in [7, 11) is 1.66. The molecule has 0 aromatic heterocycles. The number of rotatable bonds is 6. The molecule has 2 unspecified atom stereocenters. The van der Waals surface area contributed by atoms with Crippen LogP contribution in [0.2, 0.25) is 0 Å². The van der Waals surface area contributed by atoms with Gasteiger partial charge in [0.15, 0.2) is 0 Å². The number of nitrogens with zero attached hydrogens (tertiary/aromatic N) is 1. The summed E-state index contributed by atoms with van der Waals surface area (Å²) in [5, 5.41) is 6.55. The minimum atomic E-state index is -0.651. The van der Waals surface area contributed by atoms with E-state index in [9.17, 15) is 4.79 Å². The zero-order valence-corrected chi connectivity index (χ0v) is 16.7. The molecule has 2 saturated heterocycles. The van der Waals surface area contributed by atoms with Crippen molar-refractivity contribution in [2.45, 2.75) is 44.4 Å². The molecule has 0 bridgehead atoms. The van der Waals surface area contributed by atoms with Crippen LogP contribution < -0.4 is 10.6 Å². The van der Waals surface area contributed by atoms with Crippen LogP contribution in [0, 0.1) is 5.92 Å². The van der Waals surface area contributed by atoms with Gasteiger partial charge in [-0.1, -0.05) is 30.3 Å². The molecule has 2 fully saturated rings. The maximum Gasteiger partial charge on any atom is 0.252 e. The number of benzene rings is 1. The van der Waals surface area contributed by atoms with Gasteiger partial charge in [-0.2, -0.15) is 0 Å². The van der Waals surface area contributed by atoms with Gasteiger partial charge in [0.05, 0.1) is 0 Å². The van der Waals surface area contributed by atoms with Crippen LogP contribution in [0.3, 0.4) is 0 Å². The lowest BCUT2D eigenvalue weighted by Crippen LogP contribution is -2.56. The van der Waals surface area contributed by atoms with Crippen LogP contribution in [-0.2, 0) is 16.1 Å². The van der Waals surface area contributed by atoms with E-state index in [2.05, 4.69) is 52.8 Å². The molecule has 2 heterocycles. The molecule has 6 heteroatoms. The number of hydrogen-bond donors (Lipinski definition) is 2. The van der Waals surface area contributed by atoms with E-state index < -0.39 is 5.60 Å². The molecule has 5 nitrogen and oxygen atoms in total. The fraction of sp³-hybridized carbons (Fsp3) is 0.650. The van der Waals surface area contributed by atoms with Crippen molar-refractivity contribution in [1.82, 2.24) is 15.5 Å². The first-order chi connectivity index (χ1) is 12.1. The van der Waals surface area contributed by atoms with Gasteiger partial charge in [-0.05, 0) is 57.3 Å². The van der Waals surface area contributed by atoms with Gasteiger partial charge < -0.3 is 15.4 Å². The second kappa shape index (κ2) is 9.70. The van der Waals surface area contributed by atoms with Crippen LogP contribution in [0.4, 0.5) is 0 Å². The van der Waals surface area contributed by atoms with Gasteiger partial charge >= 0.3 is 0 Å². The highest BCUT2D eigenvalue weighted by Gasteiger charge is 2.41. The lowest BCUT2D eigenvalue weighted by Gasteiger charge is -2.36. The molecule has 26 heavy (non-hydrogen) atoms. The minimum Gasteiger partial charge on any atom is -0.368 e. The van der Waals surface area contributed by atoms with Gasteiger partial charge in [-0.15, -0.1) is 12.4 Å². The van der Waals surface area contributed by atoms with Gasteiger partial charge in [-0.3, -0.25) is 9.69 Å². The zero-order chi connectivity index (χ0) is 17.7. The standard InChI is InChI=1S/C20H31N3O2.ClH/c1-16(22-19(24)20(25-2)9-11-21-12-10-20)18-8-13-23(15-18)14-17-6-4-3-5-7-17;/h3-7,16,18,21H,8-15H2,1-2H3,(H,22,24);1H. The van der Waals surface area contributed by atoms with E-state index in [0.29, 0.717) is 5.92 Å². The summed E-state index contributed by atoms with van der Waals surface area (Å²) in [6.07, 6.45) is 2.62. The number of amides is 1. The third-order valence-corrected chi connectivity index (χ3v) is 5.84. The summed E-state index contributed by atoms with van der Waals surface area (Å²) in [6, 6.07) is 10.8. The van der Waals surface area contributed by atoms with E-state index in [4.69, 9.17) is 4.74 Å². The number of halogens is 1. The van der Waals surface area contributed by atoms with E-state index in [0.717, 1.165) is 52.0 Å². The fourth-order valence-corrected chi connectivity index (χ4v) is 4.07. The highest BCUT2D eigenvalue weighted by atomic mass is 35.5. The van der Waals surface area contributed by atoms with Crippen LogP contribution in [-0.4, -0.2) is 55.7 Å². The van der Waals surface area contributed by atoms with Crippen molar-refractivity contribution >= 4 is 18.3 Å². The Morgan fingerprint density at radius 2 is 2.04 bits per heavy atom. The minimum absolute atomic E-state index is 0. The molecule has 2 aliphatic rings. The Hall–Kier alpha value is -1.14. The van der Waals surface area contributed by atoms with E-state index in [1.54, 1.807) is 7.11 Å². The van der Waals surface area contributed by atoms with E-state index in [1.807, 2.05) is 0 Å².